The smallest absolute Gasteiger partial charge is 0.209 e. The van der Waals surface area contributed by atoms with Gasteiger partial charge in [0.2, 0.25) is 5.16 Å². The van der Waals surface area contributed by atoms with E-state index in [0.717, 1.165) is 23.8 Å². The van der Waals surface area contributed by atoms with Crippen LogP contribution >= 0.6 is 11.8 Å². The van der Waals surface area contributed by atoms with Crippen LogP contribution in [0, 0.1) is 0 Å². The van der Waals surface area contributed by atoms with Crippen LogP contribution in [0.4, 0.5) is 0 Å². The summed E-state index contributed by atoms with van der Waals surface area (Å²) in [4.78, 5) is 0. The minimum absolute atomic E-state index is 0.529. The van der Waals surface area contributed by atoms with Gasteiger partial charge in [-0.3, -0.25) is 0 Å². The topological polar surface area (TPSA) is 43.6 Å². The van der Waals surface area contributed by atoms with Gasteiger partial charge in [0, 0.05) is 5.75 Å². The Morgan fingerprint density at radius 1 is 1.15 bits per heavy atom. The van der Waals surface area contributed by atoms with E-state index in [9.17, 15) is 0 Å². The molecule has 1 aromatic carbocycles. The first-order valence-corrected chi connectivity index (χ1v) is 8.36. The molecule has 106 valence electrons. The van der Waals surface area contributed by atoms with Gasteiger partial charge in [0.1, 0.15) is 0 Å². The van der Waals surface area contributed by atoms with Crippen molar-refractivity contribution in [2.75, 3.05) is 5.75 Å². The van der Waals surface area contributed by atoms with Gasteiger partial charge in [0.05, 0.1) is 6.04 Å². The Balaban J connectivity index is 1.48. The molecule has 0 unspecified atom stereocenters. The number of thioether (sulfide) groups is 1. The van der Waals surface area contributed by atoms with Crippen LogP contribution < -0.4 is 0 Å². The molecule has 0 aliphatic heterocycles. The van der Waals surface area contributed by atoms with Crippen LogP contribution in [-0.2, 0) is 6.42 Å². The van der Waals surface area contributed by atoms with E-state index in [1.807, 2.05) is 4.68 Å². The van der Waals surface area contributed by atoms with Crippen LogP contribution in [-0.4, -0.2) is 26.0 Å². The quantitative estimate of drug-likeness (QED) is 0.602. The summed E-state index contributed by atoms with van der Waals surface area (Å²) in [6.07, 6.45) is 7.35. The van der Waals surface area contributed by atoms with Crippen molar-refractivity contribution in [1.82, 2.24) is 20.2 Å². The Morgan fingerprint density at radius 2 is 1.95 bits per heavy atom. The maximum absolute atomic E-state index is 4.17. The van der Waals surface area contributed by atoms with Gasteiger partial charge in [-0.25, -0.2) is 4.68 Å². The maximum Gasteiger partial charge on any atom is 0.209 e. The third kappa shape index (κ3) is 3.39. The number of hydrogen-bond acceptors (Lipinski definition) is 4. The molecule has 0 radical (unpaired) electrons. The van der Waals surface area contributed by atoms with Gasteiger partial charge in [0.15, 0.2) is 0 Å². The molecule has 0 saturated heterocycles. The predicted molar refractivity (Wildman–Crippen MR) is 80.8 cm³/mol. The summed E-state index contributed by atoms with van der Waals surface area (Å²) in [7, 11) is 0. The Morgan fingerprint density at radius 3 is 2.75 bits per heavy atom. The van der Waals surface area contributed by atoms with Gasteiger partial charge >= 0.3 is 0 Å². The van der Waals surface area contributed by atoms with Crippen LogP contribution in [0.3, 0.4) is 0 Å². The minimum atomic E-state index is 0.529. The van der Waals surface area contributed by atoms with Gasteiger partial charge in [0.25, 0.3) is 0 Å². The van der Waals surface area contributed by atoms with Crippen LogP contribution in [0.5, 0.6) is 0 Å². The molecule has 1 aliphatic rings. The highest BCUT2D eigenvalue weighted by Crippen LogP contribution is 2.31. The fourth-order valence-corrected chi connectivity index (χ4v) is 3.63. The van der Waals surface area contributed by atoms with Crippen molar-refractivity contribution in [2.24, 2.45) is 0 Å². The second-order valence-corrected chi connectivity index (χ2v) is 6.34. The van der Waals surface area contributed by atoms with Crippen LogP contribution in [0.2, 0.25) is 0 Å². The molecule has 1 aliphatic carbocycles. The van der Waals surface area contributed by atoms with Gasteiger partial charge < -0.3 is 0 Å². The van der Waals surface area contributed by atoms with Crippen LogP contribution in [0.25, 0.3) is 0 Å². The summed E-state index contributed by atoms with van der Waals surface area (Å²) in [6.45, 7) is 0. The van der Waals surface area contributed by atoms with E-state index in [1.54, 1.807) is 11.8 Å². The number of aryl methyl sites for hydroxylation is 1. The summed E-state index contributed by atoms with van der Waals surface area (Å²) in [5.41, 5.74) is 1.41. The monoisotopic (exact) mass is 288 g/mol. The molecular weight excluding hydrogens is 268 g/mol. The van der Waals surface area contributed by atoms with Crippen molar-refractivity contribution in [3.8, 4) is 0 Å². The molecule has 0 bridgehead atoms. The molecular formula is C15H20N4S. The second kappa shape index (κ2) is 6.88. The van der Waals surface area contributed by atoms with Crippen LogP contribution in [0.1, 0.15) is 43.7 Å². The van der Waals surface area contributed by atoms with Gasteiger partial charge in [-0.1, -0.05) is 54.9 Å². The molecule has 1 aromatic heterocycles. The Kier molecular flexibility index (Phi) is 4.69. The van der Waals surface area contributed by atoms with E-state index in [4.69, 9.17) is 0 Å². The molecule has 0 spiro atoms. The maximum atomic E-state index is 4.17. The zero-order valence-corrected chi connectivity index (χ0v) is 12.4. The average molecular weight is 288 g/mol. The summed E-state index contributed by atoms with van der Waals surface area (Å²) < 4.78 is 2.04. The zero-order chi connectivity index (χ0) is 13.6. The van der Waals surface area contributed by atoms with E-state index in [0.29, 0.717) is 6.04 Å². The van der Waals surface area contributed by atoms with Crippen molar-refractivity contribution in [1.29, 1.82) is 0 Å². The van der Waals surface area contributed by atoms with E-state index < -0.39 is 0 Å². The Hall–Kier alpha value is -1.36. The number of benzene rings is 1. The molecule has 0 N–H and O–H groups in total. The lowest BCUT2D eigenvalue weighted by atomic mass is 10.1. The fraction of sp³-hybridized carbons (Fsp3) is 0.533. The number of hydrogen-bond donors (Lipinski definition) is 0. The summed E-state index contributed by atoms with van der Waals surface area (Å²) in [5, 5.41) is 13.2. The molecule has 1 saturated carbocycles. The Labute approximate surface area is 124 Å². The van der Waals surface area contributed by atoms with Crippen LogP contribution in [0.15, 0.2) is 35.5 Å². The lowest BCUT2D eigenvalue weighted by Gasteiger charge is -2.10. The first-order valence-electron chi connectivity index (χ1n) is 7.38. The second-order valence-electron chi connectivity index (χ2n) is 5.28. The molecule has 4 nitrogen and oxygen atoms in total. The minimum Gasteiger partial charge on any atom is -0.217 e. The molecule has 1 heterocycles. The highest BCUT2D eigenvalue weighted by Gasteiger charge is 2.21. The summed E-state index contributed by atoms with van der Waals surface area (Å²) >= 11 is 1.79. The molecule has 1 fully saturated rings. The summed E-state index contributed by atoms with van der Waals surface area (Å²) in [5.74, 6) is 1.07. The molecule has 0 atom stereocenters. The van der Waals surface area contributed by atoms with Crippen molar-refractivity contribution in [3.63, 3.8) is 0 Å². The zero-order valence-electron chi connectivity index (χ0n) is 11.6. The molecule has 20 heavy (non-hydrogen) atoms. The molecule has 2 aromatic rings. The van der Waals surface area contributed by atoms with Crippen molar-refractivity contribution >= 4 is 11.8 Å². The van der Waals surface area contributed by atoms with Gasteiger partial charge in [-0.05, 0) is 41.7 Å². The first kappa shape index (κ1) is 13.6. The third-order valence-corrected chi connectivity index (χ3v) is 4.84. The van der Waals surface area contributed by atoms with E-state index in [1.165, 1.54) is 31.2 Å². The number of aromatic nitrogens is 4. The lowest BCUT2D eigenvalue weighted by Crippen LogP contribution is -2.08. The van der Waals surface area contributed by atoms with E-state index in [2.05, 4.69) is 45.9 Å². The summed E-state index contributed by atoms with van der Waals surface area (Å²) in [6, 6.07) is 11.2. The van der Waals surface area contributed by atoms with E-state index >= 15 is 0 Å². The highest BCUT2D eigenvalue weighted by atomic mass is 32.2. The van der Waals surface area contributed by atoms with Crippen molar-refractivity contribution in [3.05, 3.63) is 35.9 Å². The molecule has 3 rings (SSSR count). The largest absolute Gasteiger partial charge is 0.217 e. The van der Waals surface area contributed by atoms with Crippen molar-refractivity contribution < 1.29 is 0 Å². The SMILES string of the molecule is c1ccc(CCCSc2nnnn2C2CCCC2)cc1. The van der Waals surface area contributed by atoms with Gasteiger partial charge in [-0.15, -0.1) is 5.10 Å². The lowest BCUT2D eigenvalue weighted by molar-refractivity contribution is 0.423. The standard InChI is InChI=1S/C15H20N4S/c1-2-7-13(8-3-1)9-6-12-20-15-16-17-18-19(15)14-10-4-5-11-14/h1-3,7-8,14H,4-6,9-12H2. The fourth-order valence-electron chi connectivity index (χ4n) is 2.74. The highest BCUT2D eigenvalue weighted by molar-refractivity contribution is 7.99. The number of tetrazole rings is 1. The van der Waals surface area contributed by atoms with Gasteiger partial charge in [-0.2, -0.15) is 0 Å². The van der Waals surface area contributed by atoms with Crippen molar-refractivity contribution in [2.45, 2.75) is 49.7 Å². The predicted octanol–water partition coefficient (Wildman–Crippen LogP) is 3.51. The molecule has 0 amide bonds. The third-order valence-electron chi connectivity index (χ3n) is 3.82. The number of nitrogens with zero attached hydrogens (tertiary/aromatic N) is 4. The molecule has 5 heteroatoms. The normalized spacial score (nSPS) is 15.8. The van der Waals surface area contributed by atoms with E-state index in [-0.39, 0.29) is 0 Å². The number of rotatable bonds is 6. The first-order chi connectivity index (χ1) is 9.93. The average Bonchev–Trinajstić information content (AvgIpc) is 3.15. The Bertz CT molecular complexity index is 520.